The second-order valence-corrected chi connectivity index (χ2v) is 13.0. The molecule has 1 aromatic heterocycles. The third-order valence-electron chi connectivity index (χ3n) is 11.8. The molecule has 3 heteroatoms. The highest BCUT2D eigenvalue weighted by Crippen LogP contribution is 2.68. The molecule has 5 rings (SSSR count). The molecule has 0 saturated heterocycles. The van der Waals surface area contributed by atoms with E-state index in [1.807, 2.05) is 18.3 Å². The summed E-state index contributed by atoms with van der Waals surface area (Å²) < 4.78 is 0. The molecule has 1 aromatic rings. The normalized spacial score (nSPS) is 45.7. The first-order chi connectivity index (χ1) is 15.8. The number of nitrogens with zero attached hydrogens (tertiary/aromatic N) is 1. The molecule has 0 amide bonds. The molecule has 0 aliphatic heterocycles. The minimum absolute atomic E-state index is 0.372. The molecular weight excluding hydrogens is 406 g/mol. The second kappa shape index (κ2) is 8.94. The summed E-state index contributed by atoms with van der Waals surface area (Å²) in [5.74, 6) is 4.24. The van der Waals surface area contributed by atoms with Crippen LogP contribution in [-0.2, 0) is 0 Å². The van der Waals surface area contributed by atoms with Gasteiger partial charge >= 0.3 is 0 Å². The zero-order chi connectivity index (χ0) is 23.3. The first-order valence-corrected chi connectivity index (χ1v) is 14.1. The fourth-order valence-electron chi connectivity index (χ4n) is 9.52. The Balaban J connectivity index is 1.22. The Morgan fingerprint density at radius 1 is 1.03 bits per heavy atom. The van der Waals surface area contributed by atoms with E-state index in [-0.39, 0.29) is 11.7 Å². The monoisotopic (exact) mass is 453 g/mol. The highest BCUT2D eigenvalue weighted by atomic mass is 16.3. The van der Waals surface area contributed by atoms with E-state index >= 15 is 0 Å². The Hall–Kier alpha value is -0.930. The van der Waals surface area contributed by atoms with E-state index in [0.29, 0.717) is 10.8 Å². The van der Waals surface area contributed by atoms with E-state index in [1.165, 1.54) is 51.4 Å². The number of aliphatic hydroxyl groups is 2. The van der Waals surface area contributed by atoms with Gasteiger partial charge in [-0.25, -0.2) is 0 Å². The summed E-state index contributed by atoms with van der Waals surface area (Å²) in [5, 5.41) is 21.6. The molecule has 184 valence electrons. The van der Waals surface area contributed by atoms with Crippen molar-refractivity contribution in [2.45, 2.75) is 116 Å². The van der Waals surface area contributed by atoms with Crippen molar-refractivity contribution in [2.75, 3.05) is 0 Å². The maximum Gasteiger partial charge on any atom is 0.0804 e. The predicted molar refractivity (Wildman–Crippen MR) is 134 cm³/mol. The van der Waals surface area contributed by atoms with Gasteiger partial charge in [0.15, 0.2) is 0 Å². The van der Waals surface area contributed by atoms with E-state index in [9.17, 15) is 10.2 Å². The molecule has 7 unspecified atom stereocenters. The number of aromatic nitrogens is 1. The average molecular weight is 454 g/mol. The van der Waals surface area contributed by atoms with Crippen LogP contribution in [0.2, 0.25) is 0 Å². The van der Waals surface area contributed by atoms with E-state index in [4.69, 9.17) is 0 Å². The van der Waals surface area contributed by atoms with Crippen molar-refractivity contribution in [1.82, 2.24) is 4.98 Å². The molecule has 4 saturated carbocycles. The van der Waals surface area contributed by atoms with Crippen molar-refractivity contribution < 1.29 is 10.2 Å². The quantitative estimate of drug-likeness (QED) is 0.483. The van der Waals surface area contributed by atoms with Gasteiger partial charge in [-0.15, -0.1) is 0 Å². The smallest absolute Gasteiger partial charge is 0.0804 e. The van der Waals surface area contributed by atoms with Crippen LogP contribution in [0, 0.1) is 40.4 Å². The number of aliphatic hydroxyl groups excluding tert-OH is 1. The standard InChI is InChI=1S/C30H47NO2/c1-4-30(33)17-16-29(3)23(19-30)10-12-24-25-13-11-22(28(25,2)15-14-26(24)29)8-5-9-27(32)21-7-6-18-31-20-21/h6-7,18,20,22-27,32-33H,4-5,8-17,19H2,1-3H3/t22?,23?,24?,25?,26?,27?,28?,29-,30-/m0/s1. The fraction of sp³-hybridized carbons (Fsp3) is 0.833. The summed E-state index contributed by atoms with van der Waals surface area (Å²) in [6.45, 7) is 7.42. The van der Waals surface area contributed by atoms with Crippen LogP contribution in [0.3, 0.4) is 0 Å². The molecule has 4 fully saturated rings. The van der Waals surface area contributed by atoms with Crippen molar-refractivity contribution in [3.8, 4) is 0 Å². The van der Waals surface area contributed by atoms with Crippen molar-refractivity contribution in [2.24, 2.45) is 40.4 Å². The summed E-state index contributed by atoms with van der Waals surface area (Å²) in [6, 6.07) is 3.92. The van der Waals surface area contributed by atoms with E-state index < -0.39 is 0 Å². The van der Waals surface area contributed by atoms with Gasteiger partial charge in [0.2, 0.25) is 0 Å². The summed E-state index contributed by atoms with van der Waals surface area (Å²) in [5.41, 5.74) is 1.53. The number of fused-ring (bicyclic) bond motifs is 5. The molecule has 0 spiro atoms. The SMILES string of the molecule is CC[C@]1(O)CC[C@@]2(C)C(CCC3C4CCC(CCCC(O)c5cccnc5)C4(C)CCC32)C1. The lowest BCUT2D eigenvalue weighted by atomic mass is 9.43. The number of hydrogen-bond acceptors (Lipinski definition) is 3. The Labute approximate surface area is 201 Å². The Morgan fingerprint density at radius 2 is 1.85 bits per heavy atom. The first-order valence-electron chi connectivity index (χ1n) is 14.1. The molecule has 4 aliphatic rings. The summed E-state index contributed by atoms with van der Waals surface area (Å²) in [7, 11) is 0. The van der Waals surface area contributed by atoms with Crippen molar-refractivity contribution >= 4 is 0 Å². The third-order valence-corrected chi connectivity index (χ3v) is 11.8. The lowest BCUT2D eigenvalue weighted by Gasteiger charge is -2.62. The lowest BCUT2D eigenvalue weighted by Crippen LogP contribution is -2.55. The van der Waals surface area contributed by atoms with Crippen molar-refractivity contribution in [3.63, 3.8) is 0 Å². The van der Waals surface area contributed by atoms with Crippen LogP contribution in [0.5, 0.6) is 0 Å². The van der Waals surface area contributed by atoms with Gasteiger partial charge in [0.1, 0.15) is 0 Å². The molecule has 9 atom stereocenters. The van der Waals surface area contributed by atoms with Crippen LogP contribution in [0.25, 0.3) is 0 Å². The van der Waals surface area contributed by atoms with E-state index in [1.54, 1.807) is 6.20 Å². The molecule has 0 bridgehead atoms. The first kappa shape index (κ1) is 23.8. The Morgan fingerprint density at radius 3 is 2.61 bits per heavy atom. The van der Waals surface area contributed by atoms with Crippen molar-refractivity contribution in [1.29, 1.82) is 0 Å². The Bertz CT molecular complexity index is 813. The number of rotatable bonds is 6. The zero-order valence-corrected chi connectivity index (χ0v) is 21.3. The summed E-state index contributed by atoms with van der Waals surface area (Å²) in [4.78, 5) is 4.17. The van der Waals surface area contributed by atoms with E-state index in [2.05, 4.69) is 25.8 Å². The molecule has 4 aliphatic carbocycles. The molecule has 3 nitrogen and oxygen atoms in total. The molecule has 1 heterocycles. The summed E-state index contributed by atoms with van der Waals surface area (Å²) in [6.07, 6.45) is 19.0. The molecular formula is C30H47NO2. The van der Waals surface area contributed by atoms with Gasteiger partial charge < -0.3 is 10.2 Å². The molecule has 2 N–H and O–H groups in total. The van der Waals surface area contributed by atoms with Gasteiger partial charge in [-0.1, -0.05) is 33.3 Å². The lowest BCUT2D eigenvalue weighted by molar-refractivity contribution is -0.151. The van der Waals surface area contributed by atoms with Crippen LogP contribution in [0.15, 0.2) is 24.5 Å². The highest BCUT2D eigenvalue weighted by molar-refractivity contribution is 5.12. The van der Waals surface area contributed by atoms with Gasteiger partial charge in [-0.3, -0.25) is 4.98 Å². The topological polar surface area (TPSA) is 53.4 Å². The van der Waals surface area contributed by atoms with Gasteiger partial charge in [0, 0.05) is 12.4 Å². The maximum atomic E-state index is 11.0. The van der Waals surface area contributed by atoms with Crippen LogP contribution >= 0.6 is 0 Å². The largest absolute Gasteiger partial charge is 0.390 e. The van der Waals surface area contributed by atoms with E-state index in [0.717, 1.165) is 67.3 Å². The van der Waals surface area contributed by atoms with Crippen LogP contribution in [-0.4, -0.2) is 20.8 Å². The minimum atomic E-state index is -0.390. The highest BCUT2D eigenvalue weighted by Gasteiger charge is 2.60. The number of hydrogen-bond donors (Lipinski definition) is 2. The van der Waals surface area contributed by atoms with Crippen LogP contribution in [0.4, 0.5) is 0 Å². The van der Waals surface area contributed by atoms with Gasteiger partial charge in [0.25, 0.3) is 0 Å². The van der Waals surface area contributed by atoms with Crippen LogP contribution in [0.1, 0.15) is 116 Å². The predicted octanol–water partition coefficient (Wildman–Crippen LogP) is 7.09. The molecule has 33 heavy (non-hydrogen) atoms. The number of pyridine rings is 1. The van der Waals surface area contributed by atoms with Gasteiger partial charge in [-0.2, -0.15) is 0 Å². The second-order valence-electron chi connectivity index (χ2n) is 13.0. The maximum absolute atomic E-state index is 11.0. The fourth-order valence-corrected chi connectivity index (χ4v) is 9.52. The van der Waals surface area contributed by atoms with Crippen LogP contribution < -0.4 is 0 Å². The third kappa shape index (κ3) is 4.10. The van der Waals surface area contributed by atoms with Gasteiger partial charge in [-0.05, 0) is 129 Å². The zero-order valence-electron chi connectivity index (χ0n) is 21.3. The Kier molecular flexibility index (Phi) is 6.44. The summed E-state index contributed by atoms with van der Waals surface area (Å²) >= 11 is 0. The molecule has 0 radical (unpaired) electrons. The minimum Gasteiger partial charge on any atom is -0.390 e. The van der Waals surface area contributed by atoms with Crippen molar-refractivity contribution in [3.05, 3.63) is 30.1 Å². The molecule has 0 aromatic carbocycles. The van der Waals surface area contributed by atoms with Gasteiger partial charge in [0.05, 0.1) is 11.7 Å². The average Bonchev–Trinajstić information content (AvgIpc) is 3.16.